The van der Waals surface area contributed by atoms with Gasteiger partial charge in [0.05, 0.1) is 6.54 Å². The van der Waals surface area contributed by atoms with E-state index < -0.39 is 0 Å². The third-order valence-electron chi connectivity index (χ3n) is 7.06. The van der Waals surface area contributed by atoms with Gasteiger partial charge in [-0.25, -0.2) is 0 Å². The number of hydrogen-bond acceptors (Lipinski definition) is 5. The predicted molar refractivity (Wildman–Crippen MR) is 101 cm³/mol. The molecule has 146 valence electrons. The van der Waals surface area contributed by atoms with Crippen molar-refractivity contribution in [2.45, 2.75) is 44.3 Å². The van der Waals surface area contributed by atoms with E-state index in [1.165, 1.54) is 5.56 Å². The normalized spacial score (nSPS) is 30.9. The molecule has 0 saturated carbocycles. The topological polar surface area (TPSA) is 55.2 Å². The second kappa shape index (κ2) is 5.77. The van der Waals surface area contributed by atoms with Crippen LogP contribution in [0.25, 0.3) is 0 Å². The van der Waals surface area contributed by atoms with Crippen molar-refractivity contribution >= 4 is 5.91 Å². The second-order valence-corrected chi connectivity index (χ2v) is 8.45. The third-order valence-corrected chi connectivity index (χ3v) is 7.06. The van der Waals surface area contributed by atoms with Gasteiger partial charge in [0.2, 0.25) is 12.7 Å². The molecule has 2 aromatic rings. The van der Waals surface area contributed by atoms with Crippen molar-refractivity contribution in [2.24, 2.45) is 5.92 Å². The molecule has 0 unspecified atom stereocenters. The number of rotatable bonds is 3. The number of nitrogens with zero attached hydrogens (tertiary/aromatic N) is 2. The SMILES string of the molecule is Cc1ccc(CN2C[C@@H]3C[C@@H](c4cccc5c4OCO5)N4CCC[C@@]34C2=O)o1. The summed E-state index contributed by atoms with van der Waals surface area (Å²) < 4.78 is 17.1. The summed E-state index contributed by atoms with van der Waals surface area (Å²) in [6.07, 6.45) is 3.01. The van der Waals surface area contributed by atoms with Crippen molar-refractivity contribution in [3.8, 4) is 11.5 Å². The van der Waals surface area contributed by atoms with E-state index in [1.807, 2.05) is 36.1 Å². The first-order chi connectivity index (χ1) is 13.7. The average Bonchev–Trinajstić information content (AvgIpc) is 3.46. The van der Waals surface area contributed by atoms with E-state index in [4.69, 9.17) is 13.9 Å². The van der Waals surface area contributed by atoms with Gasteiger partial charge in [-0.15, -0.1) is 0 Å². The number of benzene rings is 1. The first-order valence-electron chi connectivity index (χ1n) is 10.2. The maximum Gasteiger partial charge on any atom is 0.243 e. The van der Waals surface area contributed by atoms with Crippen LogP contribution in [0.5, 0.6) is 11.5 Å². The van der Waals surface area contributed by atoms with Crippen molar-refractivity contribution in [3.63, 3.8) is 0 Å². The van der Waals surface area contributed by atoms with Crippen molar-refractivity contribution in [2.75, 3.05) is 19.9 Å². The summed E-state index contributed by atoms with van der Waals surface area (Å²) >= 11 is 0. The van der Waals surface area contributed by atoms with Gasteiger partial charge in [-0.1, -0.05) is 12.1 Å². The van der Waals surface area contributed by atoms with Crippen LogP contribution in [0, 0.1) is 12.8 Å². The molecule has 5 heterocycles. The molecule has 1 spiro atoms. The monoisotopic (exact) mass is 380 g/mol. The van der Waals surface area contributed by atoms with Gasteiger partial charge >= 0.3 is 0 Å². The number of ether oxygens (including phenoxy) is 2. The fraction of sp³-hybridized carbons (Fsp3) is 0.500. The molecule has 1 amide bonds. The Morgan fingerprint density at radius 3 is 3.00 bits per heavy atom. The van der Waals surface area contributed by atoms with Gasteiger partial charge in [0.15, 0.2) is 11.5 Å². The number of amides is 1. The smallest absolute Gasteiger partial charge is 0.243 e. The second-order valence-electron chi connectivity index (χ2n) is 8.45. The number of hydrogen-bond donors (Lipinski definition) is 0. The summed E-state index contributed by atoms with van der Waals surface area (Å²) in [5.41, 5.74) is 0.820. The third kappa shape index (κ3) is 2.09. The van der Waals surface area contributed by atoms with E-state index in [-0.39, 0.29) is 24.3 Å². The van der Waals surface area contributed by atoms with Crippen LogP contribution >= 0.6 is 0 Å². The van der Waals surface area contributed by atoms with E-state index >= 15 is 0 Å². The minimum Gasteiger partial charge on any atom is -0.464 e. The van der Waals surface area contributed by atoms with Crippen LogP contribution in [0.1, 0.15) is 42.4 Å². The standard InChI is InChI=1S/C22H24N2O4/c1-14-6-7-16(28-14)12-23-11-15-10-18(24-9-3-8-22(15,24)21(23)25)17-4-2-5-19-20(17)27-13-26-19/h2,4-7,15,18H,3,8-13H2,1H3/t15-,18-,22-/m0/s1. The fourth-order valence-electron chi connectivity index (χ4n) is 5.98. The molecule has 6 heteroatoms. The quantitative estimate of drug-likeness (QED) is 0.818. The van der Waals surface area contributed by atoms with Crippen LogP contribution in [0.3, 0.4) is 0 Å². The van der Waals surface area contributed by atoms with Gasteiger partial charge in [-0.05, 0) is 50.9 Å². The first-order valence-corrected chi connectivity index (χ1v) is 10.2. The highest BCUT2D eigenvalue weighted by Gasteiger charge is 2.65. The Morgan fingerprint density at radius 1 is 1.21 bits per heavy atom. The van der Waals surface area contributed by atoms with E-state index in [2.05, 4.69) is 11.0 Å². The van der Waals surface area contributed by atoms with Crippen LogP contribution in [0.4, 0.5) is 0 Å². The van der Waals surface area contributed by atoms with E-state index in [9.17, 15) is 4.79 Å². The number of carbonyl (C=O) groups is 1. The molecule has 0 bridgehead atoms. The lowest BCUT2D eigenvalue weighted by molar-refractivity contribution is -0.137. The molecular weight excluding hydrogens is 356 g/mol. The van der Waals surface area contributed by atoms with Gasteiger partial charge in [0.25, 0.3) is 0 Å². The van der Waals surface area contributed by atoms with E-state index in [0.29, 0.717) is 12.5 Å². The van der Waals surface area contributed by atoms with E-state index in [1.54, 1.807) is 0 Å². The molecule has 1 aromatic carbocycles. The Balaban J connectivity index is 1.32. The Hall–Kier alpha value is -2.47. The van der Waals surface area contributed by atoms with Gasteiger partial charge in [0, 0.05) is 24.1 Å². The Kier molecular flexibility index (Phi) is 3.39. The number of para-hydroxylation sites is 1. The van der Waals surface area contributed by atoms with Crippen LogP contribution in [0.15, 0.2) is 34.7 Å². The van der Waals surface area contributed by atoms with Crippen LogP contribution in [0.2, 0.25) is 0 Å². The summed E-state index contributed by atoms with van der Waals surface area (Å²) in [7, 11) is 0. The molecule has 6 nitrogen and oxygen atoms in total. The molecule has 0 aliphatic carbocycles. The van der Waals surface area contributed by atoms with Crippen LogP contribution in [-0.2, 0) is 11.3 Å². The molecule has 0 radical (unpaired) electrons. The van der Waals surface area contributed by atoms with E-state index in [0.717, 1.165) is 55.4 Å². The molecular formula is C22H24N2O4. The fourth-order valence-corrected chi connectivity index (χ4v) is 5.98. The number of aryl methyl sites for hydroxylation is 1. The molecule has 28 heavy (non-hydrogen) atoms. The Labute approximate surface area is 164 Å². The maximum absolute atomic E-state index is 13.6. The molecule has 3 saturated heterocycles. The molecule has 4 aliphatic rings. The highest BCUT2D eigenvalue weighted by molar-refractivity contribution is 5.90. The summed E-state index contributed by atoms with van der Waals surface area (Å²) in [6.45, 7) is 4.56. The van der Waals surface area contributed by atoms with Crippen LogP contribution in [-0.4, -0.2) is 41.1 Å². The minimum absolute atomic E-state index is 0.223. The lowest BCUT2D eigenvalue weighted by Gasteiger charge is -2.33. The highest BCUT2D eigenvalue weighted by Crippen LogP contribution is 2.58. The zero-order chi connectivity index (χ0) is 18.9. The van der Waals surface area contributed by atoms with Gasteiger partial charge < -0.3 is 18.8 Å². The lowest BCUT2D eigenvalue weighted by Crippen LogP contribution is -2.49. The number of fused-ring (bicyclic) bond motifs is 1. The van der Waals surface area contributed by atoms with Gasteiger partial charge in [-0.2, -0.15) is 0 Å². The zero-order valence-electron chi connectivity index (χ0n) is 16.0. The number of furan rings is 1. The minimum atomic E-state index is -0.353. The van der Waals surface area contributed by atoms with Crippen molar-refractivity contribution in [1.29, 1.82) is 0 Å². The van der Waals surface area contributed by atoms with Crippen molar-refractivity contribution < 1.29 is 18.7 Å². The molecule has 3 atom stereocenters. The van der Waals surface area contributed by atoms with Gasteiger partial charge in [0.1, 0.15) is 17.1 Å². The van der Waals surface area contributed by atoms with Gasteiger partial charge in [-0.3, -0.25) is 9.69 Å². The number of likely N-dealkylation sites (tertiary alicyclic amines) is 1. The summed E-state index contributed by atoms with van der Waals surface area (Å²) in [4.78, 5) is 18.1. The average molecular weight is 380 g/mol. The largest absolute Gasteiger partial charge is 0.464 e. The predicted octanol–water partition coefficient (Wildman–Crippen LogP) is 3.25. The van der Waals surface area contributed by atoms with Crippen molar-refractivity contribution in [1.82, 2.24) is 9.80 Å². The maximum atomic E-state index is 13.6. The lowest BCUT2D eigenvalue weighted by atomic mass is 9.85. The first kappa shape index (κ1) is 16.5. The summed E-state index contributed by atoms with van der Waals surface area (Å²) in [5, 5.41) is 0. The molecule has 4 aliphatic heterocycles. The highest BCUT2D eigenvalue weighted by atomic mass is 16.7. The van der Waals surface area contributed by atoms with Crippen molar-refractivity contribution in [3.05, 3.63) is 47.4 Å². The number of carbonyl (C=O) groups excluding carboxylic acids is 1. The molecule has 1 aromatic heterocycles. The van der Waals surface area contributed by atoms with Crippen LogP contribution < -0.4 is 9.47 Å². The molecule has 0 N–H and O–H groups in total. The molecule has 3 fully saturated rings. The Morgan fingerprint density at radius 2 is 2.14 bits per heavy atom. The molecule has 6 rings (SSSR count). The summed E-state index contributed by atoms with van der Waals surface area (Å²) in [5.74, 6) is 4.07. The Bertz CT molecular complexity index is 954. The summed E-state index contributed by atoms with van der Waals surface area (Å²) in [6, 6.07) is 10.3. The zero-order valence-corrected chi connectivity index (χ0v) is 16.0.